The normalized spacial score (nSPS) is 10.9. The van der Waals surface area contributed by atoms with E-state index in [1.54, 1.807) is 0 Å². The molecule has 0 aliphatic heterocycles. The maximum absolute atomic E-state index is 5.79. The van der Waals surface area contributed by atoms with Crippen LogP contribution in [-0.4, -0.2) is 6.61 Å². The molecular formula is C20H22NO+. The van der Waals surface area contributed by atoms with Crippen molar-refractivity contribution in [1.29, 1.82) is 0 Å². The molecule has 2 aromatic carbocycles. The summed E-state index contributed by atoms with van der Waals surface area (Å²) in [5.74, 6) is 0.940. The molecule has 0 bridgehead atoms. The van der Waals surface area contributed by atoms with Crippen molar-refractivity contribution in [3.8, 4) is 17.0 Å². The van der Waals surface area contributed by atoms with Gasteiger partial charge in [-0.2, -0.15) is 4.57 Å². The average molecular weight is 292 g/mol. The summed E-state index contributed by atoms with van der Waals surface area (Å²) in [4.78, 5) is 0. The SMILES string of the molecule is CCCOc1ccc(C)c(-c2ccc3ccccc3[n+]2C)c1. The Hall–Kier alpha value is -2.35. The second-order valence-corrected chi connectivity index (χ2v) is 5.66. The number of para-hydroxylation sites is 1. The minimum atomic E-state index is 0.756. The third kappa shape index (κ3) is 2.69. The zero-order valence-corrected chi connectivity index (χ0v) is 13.5. The zero-order chi connectivity index (χ0) is 15.5. The molecule has 1 heterocycles. The van der Waals surface area contributed by atoms with Gasteiger partial charge < -0.3 is 4.74 Å². The van der Waals surface area contributed by atoms with Crippen molar-refractivity contribution in [3.05, 3.63) is 60.2 Å². The van der Waals surface area contributed by atoms with Gasteiger partial charge in [-0.25, -0.2) is 0 Å². The number of aryl methyl sites for hydroxylation is 2. The Bertz CT molecular complexity index is 808. The van der Waals surface area contributed by atoms with E-state index < -0.39 is 0 Å². The first-order valence-electron chi connectivity index (χ1n) is 7.82. The molecule has 0 aliphatic carbocycles. The smallest absolute Gasteiger partial charge is 0.213 e. The quantitative estimate of drug-likeness (QED) is 0.648. The van der Waals surface area contributed by atoms with Crippen LogP contribution in [0.2, 0.25) is 0 Å². The molecule has 2 heteroatoms. The van der Waals surface area contributed by atoms with Crippen LogP contribution in [-0.2, 0) is 7.05 Å². The van der Waals surface area contributed by atoms with Gasteiger partial charge in [-0.05, 0) is 43.2 Å². The fourth-order valence-corrected chi connectivity index (χ4v) is 2.80. The van der Waals surface area contributed by atoms with Gasteiger partial charge in [-0.1, -0.05) is 25.1 Å². The van der Waals surface area contributed by atoms with E-state index in [4.69, 9.17) is 4.74 Å². The van der Waals surface area contributed by atoms with Crippen LogP contribution < -0.4 is 9.30 Å². The number of hydrogen-bond acceptors (Lipinski definition) is 1. The van der Waals surface area contributed by atoms with E-state index in [1.165, 1.54) is 27.7 Å². The van der Waals surface area contributed by atoms with E-state index in [0.717, 1.165) is 18.8 Å². The first kappa shape index (κ1) is 14.6. The first-order chi connectivity index (χ1) is 10.7. The molecule has 0 N–H and O–H groups in total. The lowest BCUT2D eigenvalue weighted by atomic mass is 10.0. The van der Waals surface area contributed by atoms with E-state index in [2.05, 4.69) is 80.1 Å². The molecule has 0 atom stereocenters. The van der Waals surface area contributed by atoms with Gasteiger partial charge in [0.15, 0.2) is 0 Å². The zero-order valence-electron chi connectivity index (χ0n) is 13.5. The number of pyridine rings is 1. The fraction of sp³-hybridized carbons (Fsp3) is 0.250. The summed E-state index contributed by atoms with van der Waals surface area (Å²) in [5, 5.41) is 1.25. The summed E-state index contributed by atoms with van der Waals surface area (Å²) < 4.78 is 8.04. The molecule has 2 nitrogen and oxygen atoms in total. The summed E-state index contributed by atoms with van der Waals surface area (Å²) in [5.41, 5.74) is 4.93. The lowest BCUT2D eigenvalue weighted by Gasteiger charge is -2.10. The molecule has 112 valence electrons. The van der Waals surface area contributed by atoms with Gasteiger partial charge in [-0.3, -0.25) is 0 Å². The topological polar surface area (TPSA) is 13.1 Å². The van der Waals surface area contributed by atoms with Crippen molar-refractivity contribution in [2.45, 2.75) is 20.3 Å². The van der Waals surface area contributed by atoms with Gasteiger partial charge >= 0.3 is 0 Å². The van der Waals surface area contributed by atoms with Gasteiger partial charge in [0, 0.05) is 17.5 Å². The standard InChI is InChI=1S/C20H22NO/c1-4-13-22-17-11-9-15(2)18(14-17)20-12-10-16-7-5-6-8-19(16)21(20)3/h5-12,14H,4,13H2,1-3H3/q+1. The van der Waals surface area contributed by atoms with Crippen LogP contribution in [0.4, 0.5) is 0 Å². The Balaban J connectivity index is 2.12. The second kappa shape index (κ2) is 6.18. The maximum Gasteiger partial charge on any atom is 0.213 e. The highest BCUT2D eigenvalue weighted by Gasteiger charge is 2.16. The summed E-state index contributed by atoms with van der Waals surface area (Å²) >= 11 is 0. The Morgan fingerprint density at radius 1 is 1.00 bits per heavy atom. The van der Waals surface area contributed by atoms with Crippen molar-refractivity contribution in [2.24, 2.45) is 7.05 Å². The molecule has 0 spiro atoms. The van der Waals surface area contributed by atoms with Gasteiger partial charge in [0.1, 0.15) is 12.8 Å². The van der Waals surface area contributed by atoms with Gasteiger partial charge in [0.25, 0.3) is 0 Å². The number of ether oxygens (including phenoxy) is 1. The van der Waals surface area contributed by atoms with Crippen LogP contribution in [0.1, 0.15) is 18.9 Å². The molecule has 0 fully saturated rings. The largest absolute Gasteiger partial charge is 0.494 e. The molecule has 1 aromatic heterocycles. The number of nitrogens with zero attached hydrogens (tertiary/aromatic N) is 1. The summed E-state index contributed by atoms with van der Waals surface area (Å²) in [7, 11) is 2.12. The molecule has 0 radical (unpaired) electrons. The lowest BCUT2D eigenvalue weighted by Crippen LogP contribution is -2.32. The van der Waals surface area contributed by atoms with Crippen LogP contribution in [0.15, 0.2) is 54.6 Å². The third-order valence-electron chi connectivity index (χ3n) is 4.04. The minimum absolute atomic E-state index is 0.756. The Morgan fingerprint density at radius 2 is 1.82 bits per heavy atom. The predicted molar refractivity (Wildman–Crippen MR) is 91.1 cm³/mol. The fourth-order valence-electron chi connectivity index (χ4n) is 2.80. The van der Waals surface area contributed by atoms with Gasteiger partial charge in [0.2, 0.25) is 11.2 Å². The maximum atomic E-state index is 5.79. The van der Waals surface area contributed by atoms with Crippen molar-refractivity contribution >= 4 is 10.9 Å². The molecule has 0 saturated carbocycles. The molecule has 0 unspecified atom stereocenters. The summed E-state index contributed by atoms with van der Waals surface area (Å²) in [6.45, 7) is 5.03. The van der Waals surface area contributed by atoms with Crippen LogP contribution in [0.5, 0.6) is 5.75 Å². The molecule has 22 heavy (non-hydrogen) atoms. The van der Waals surface area contributed by atoms with Crippen molar-refractivity contribution in [3.63, 3.8) is 0 Å². The molecule has 0 saturated heterocycles. The van der Waals surface area contributed by atoms with E-state index in [1.807, 2.05) is 0 Å². The van der Waals surface area contributed by atoms with Crippen LogP contribution in [0.3, 0.4) is 0 Å². The Kier molecular flexibility index (Phi) is 4.10. The van der Waals surface area contributed by atoms with Crippen LogP contribution in [0, 0.1) is 6.92 Å². The molecular weight excluding hydrogens is 270 g/mol. The minimum Gasteiger partial charge on any atom is -0.494 e. The molecule has 0 amide bonds. The van der Waals surface area contributed by atoms with Crippen molar-refractivity contribution in [2.75, 3.05) is 6.61 Å². The number of benzene rings is 2. The van der Waals surface area contributed by atoms with Crippen molar-refractivity contribution in [1.82, 2.24) is 0 Å². The number of rotatable bonds is 4. The molecule has 0 aliphatic rings. The van der Waals surface area contributed by atoms with E-state index in [0.29, 0.717) is 0 Å². The molecule has 3 aromatic rings. The number of aromatic nitrogens is 1. The Labute approximate surface area is 132 Å². The highest BCUT2D eigenvalue weighted by molar-refractivity contribution is 5.78. The highest BCUT2D eigenvalue weighted by atomic mass is 16.5. The van der Waals surface area contributed by atoms with E-state index >= 15 is 0 Å². The highest BCUT2D eigenvalue weighted by Crippen LogP contribution is 2.27. The monoisotopic (exact) mass is 292 g/mol. The lowest BCUT2D eigenvalue weighted by molar-refractivity contribution is -0.633. The van der Waals surface area contributed by atoms with E-state index in [-0.39, 0.29) is 0 Å². The first-order valence-corrected chi connectivity index (χ1v) is 7.82. The van der Waals surface area contributed by atoms with Crippen molar-refractivity contribution < 1.29 is 9.30 Å². The van der Waals surface area contributed by atoms with Gasteiger partial charge in [0.05, 0.1) is 12.2 Å². The third-order valence-corrected chi connectivity index (χ3v) is 4.04. The van der Waals surface area contributed by atoms with E-state index in [9.17, 15) is 0 Å². The van der Waals surface area contributed by atoms with Crippen LogP contribution >= 0.6 is 0 Å². The number of hydrogen-bond donors (Lipinski definition) is 0. The number of fused-ring (bicyclic) bond motifs is 1. The second-order valence-electron chi connectivity index (χ2n) is 5.66. The van der Waals surface area contributed by atoms with Gasteiger partial charge in [-0.15, -0.1) is 0 Å². The Morgan fingerprint density at radius 3 is 2.64 bits per heavy atom. The molecule has 3 rings (SSSR count). The predicted octanol–water partition coefficient (Wildman–Crippen LogP) is 4.43. The van der Waals surface area contributed by atoms with Crippen LogP contribution in [0.25, 0.3) is 22.2 Å². The average Bonchev–Trinajstić information content (AvgIpc) is 2.55. The summed E-state index contributed by atoms with van der Waals surface area (Å²) in [6, 6.07) is 19.2. The summed E-state index contributed by atoms with van der Waals surface area (Å²) in [6.07, 6.45) is 1.02.